The molecule has 2 N–H and O–H groups in total. The number of thiazole rings is 1. The number of alkyl halides is 3. The fraction of sp³-hybridized carbons (Fsp3) is 0.300. The van der Waals surface area contributed by atoms with Crippen LogP contribution in [0, 0.1) is 6.92 Å². The van der Waals surface area contributed by atoms with Gasteiger partial charge in [-0.15, -0.1) is 11.3 Å². The van der Waals surface area contributed by atoms with Gasteiger partial charge in [0.05, 0.1) is 12.3 Å². The van der Waals surface area contributed by atoms with Crippen molar-refractivity contribution in [1.82, 2.24) is 4.98 Å². The summed E-state index contributed by atoms with van der Waals surface area (Å²) in [7, 11) is 0. The number of furan rings is 1. The van der Waals surface area contributed by atoms with E-state index >= 15 is 0 Å². The van der Waals surface area contributed by atoms with Gasteiger partial charge in [-0.3, -0.25) is 0 Å². The van der Waals surface area contributed by atoms with Crippen LogP contribution in [-0.4, -0.2) is 4.98 Å². The average molecular weight is 262 g/mol. The number of aryl methyl sites for hydroxylation is 1. The molecular formula is C10H9F3N2OS. The van der Waals surface area contributed by atoms with Crippen LogP contribution in [0.25, 0.3) is 0 Å². The molecule has 0 saturated heterocycles. The minimum absolute atomic E-state index is 0.329. The van der Waals surface area contributed by atoms with E-state index in [0.29, 0.717) is 22.0 Å². The molecular weight excluding hydrogens is 253 g/mol. The molecule has 0 aliphatic rings. The van der Waals surface area contributed by atoms with E-state index in [0.717, 1.165) is 11.8 Å². The quantitative estimate of drug-likeness (QED) is 0.904. The van der Waals surface area contributed by atoms with E-state index in [2.05, 4.69) is 4.98 Å². The standard InChI is InChI=1S/C10H9F3N2OS/c1-5-2-3-16-8(5)7(14)6-4-15-9(17-6)10(11,12)13/h2-4,7H,14H2,1H3. The maximum atomic E-state index is 12.4. The Kier molecular flexibility index (Phi) is 2.96. The minimum atomic E-state index is -4.43. The first-order chi connectivity index (χ1) is 7.89. The third-order valence-corrected chi connectivity index (χ3v) is 3.38. The summed E-state index contributed by atoms with van der Waals surface area (Å²) in [5.74, 6) is 0.461. The lowest BCUT2D eigenvalue weighted by Crippen LogP contribution is -2.10. The summed E-state index contributed by atoms with van der Waals surface area (Å²) < 4.78 is 42.3. The highest BCUT2D eigenvalue weighted by atomic mass is 32.1. The zero-order valence-corrected chi connectivity index (χ0v) is 9.60. The van der Waals surface area contributed by atoms with Crippen LogP contribution in [0.2, 0.25) is 0 Å². The molecule has 1 atom stereocenters. The van der Waals surface area contributed by atoms with Crippen molar-refractivity contribution in [3.05, 3.63) is 39.7 Å². The van der Waals surface area contributed by atoms with Crippen molar-refractivity contribution >= 4 is 11.3 Å². The lowest BCUT2D eigenvalue weighted by molar-refractivity contribution is -0.137. The van der Waals surface area contributed by atoms with Gasteiger partial charge < -0.3 is 10.2 Å². The third-order valence-electron chi connectivity index (χ3n) is 2.26. The molecule has 17 heavy (non-hydrogen) atoms. The second kappa shape index (κ2) is 4.15. The summed E-state index contributed by atoms with van der Waals surface area (Å²) in [6.45, 7) is 1.78. The molecule has 7 heteroatoms. The van der Waals surface area contributed by atoms with Crippen molar-refractivity contribution in [3.63, 3.8) is 0 Å². The lowest BCUT2D eigenvalue weighted by atomic mass is 10.1. The molecule has 0 fully saturated rings. The molecule has 2 aromatic rings. The van der Waals surface area contributed by atoms with Crippen LogP contribution in [-0.2, 0) is 6.18 Å². The Bertz CT molecular complexity index is 518. The first kappa shape index (κ1) is 12.1. The Labute approximate surface area is 99.1 Å². The Balaban J connectivity index is 2.30. The van der Waals surface area contributed by atoms with Gasteiger partial charge in [0.25, 0.3) is 0 Å². The van der Waals surface area contributed by atoms with Crippen molar-refractivity contribution in [2.45, 2.75) is 19.1 Å². The molecule has 1 unspecified atom stereocenters. The summed E-state index contributed by atoms with van der Waals surface area (Å²) >= 11 is 0.534. The molecule has 2 rings (SSSR count). The summed E-state index contributed by atoms with van der Waals surface area (Å²) in [5.41, 5.74) is 6.63. The molecule has 92 valence electrons. The number of rotatable bonds is 2. The number of halogens is 3. The van der Waals surface area contributed by atoms with Gasteiger partial charge in [-0.1, -0.05) is 0 Å². The Morgan fingerprint density at radius 3 is 2.65 bits per heavy atom. The van der Waals surface area contributed by atoms with Crippen LogP contribution in [0.5, 0.6) is 0 Å². The van der Waals surface area contributed by atoms with Crippen LogP contribution >= 0.6 is 11.3 Å². The van der Waals surface area contributed by atoms with E-state index in [9.17, 15) is 13.2 Å². The molecule has 0 aromatic carbocycles. The maximum Gasteiger partial charge on any atom is 0.443 e. The first-order valence-electron chi connectivity index (χ1n) is 4.72. The van der Waals surface area contributed by atoms with Gasteiger partial charge in [0.1, 0.15) is 5.76 Å². The summed E-state index contributed by atoms with van der Waals surface area (Å²) in [4.78, 5) is 3.65. The highest BCUT2D eigenvalue weighted by Crippen LogP contribution is 2.35. The molecule has 0 aliphatic heterocycles. The van der Waals surface area contributed by atoms with Crippen molar-refractivity contribution in [1.29, 1.82) is 0 Å². The number of hydrogen-bond acceptors (Lipinski definition) is 4. The molecule has 0 amide bonds. The molecule has 0 aliphatic carbocycles. The lowest BCUT2D eigenvalue weighted by Gasteiger charge is -2.06. The summed E-state index contributed by atoms with van der Waals surface area (Å²) in [6, 6.07) is 1.000. The predicted octanol–water partition coefficient (Wildman–Crippen LogP) is 3.11. The molecule has 2 heterocycles. The Morgan fingerprint density at radius 1 is 1.47 bits per heavy atom. The minimum Gasteiger partial charge on any atom is -0.467 e. The van der Waals surface area contributed by atoms with Crippen LogP contribution in [0.3, 0.4) is 0 Å². The zero-order valence-electron chi connectivity index (χ0n) is 8.78. The normalized spacial score (nSPS) is 13.9. The van der Waals surface area contributed by atoms with Crippen molar-refractivity contribution in [2.75, 3.05) is 0 Å². The molecule has 3 nitrogen and oxygen atoms in total. The van der Waals surface area contributed by atoms with Crippen LogP contribution in [0.4, 0.5) is 13.2 Å². The van der Waals surface area contributed by atoms with Crippen LogP contribution in [0.15, 0.2) is 22.9 Å². The third kappa shape index (κ3) is 2.34. The Morgan fingerprint density at radius 2 is 2.18 bits per heavy atom. The average Bonchev–Trinajstić information content (AvgIpc) is 2.83. The second-order valence-electron chi connectivity index (χ2n) is 3.51. The summed E-state index contributed by atoms with van der Waals surface area (Å²) in [6.07, 6.45) is -1.84. The van der Waals surface area contributed by atoms with Crippen molar-refractivity contribution in [3.8, 4) is 0 Å². The van der Waals surface area contributed by atoms with Crippen LogP contribution in [0.1, 0.15) is 27.3 Å². The van der Waals surface area contributed by atoms with Gasteiger partial charge in [0.2, 0.25) is 0 Å². The van der Waals surface area contributed by atoms with Gasteiger partial charge in [-0.2, -0.15) is 13.2 Å². The van der Waals surface area contributed by atoms with E-state index in [1.807, 2.05) is 0 Å². The van der Waals surface area contributed by atoms with Gasteiger partial charge >= 0.3 is 6.18 Å². The summed E-state index contributed by atoms with van der Waals surface area (Å²) in [5, 5.41) is -0.896. The fourth-order valence-corrected chi connectivity index (χ4v) is 2.18. The molecule has 0 saturated carbocycles. The smallest absolute Gasteiger partial charge is 0.443 e. The maximum absolute atomic E-state index is 12.4. The SMILES string of the molecule is Cc1ccoc1C(N)c1cnc(C(F)(F)F)s1. The van der Waals surface area contributed by atoms with Gasteiger partial charge in [-0.25, -0.2) is 4.98 Å². The number of aromatic nitrogens is 1. The second-order valence-corrected chi connectivity index (χ2v) is 4.57. The van der Waals surface area contributed by atoms with E-state index in [1.165, 1.54) is 6.26 Å². The Hall–Kier alpha value is -1.34. The fourth-order valence-electron chi connectivity index (χ4n) is 1.39. The number of nitrogens with zero attached hydrogens (tertiary/aromatic N) is 1. The topological polar surface area (TPSA) is 52.0 Å². The molecule has 2 aromatic heterocycles. The van der Waals surface area contributed by atoms with E-state index < -0.39 is 17.2 Å². The highest BCUT2D eigenvalue weighted by molar-refractivity contribution is 7.11. The van der Waals surface area contributed by atoms with Gasteiger partial charge in [-0.05, 0) is 18.6 Å². The van der Waals surface area contributed by atoms with Gasteiger partial charge in [0.15, 0.2) is 5.01 Å². The van der Waals surface area contributed by atoms with Gasteiger partial charge in [0, 0.05) is 11.1 Å². The van der Waals surface area contributed by atoms with E-state index in [1.54, 1.807) is 13.0 Å². The predicted molar refractivity (Wildman–Crippen MR) is 56.6 cm³/mol. The highest BCUT2D eigenvalue weighted by Gasteiger charge is 2.35. The molecule has 0 bridgehead atoms. The number of nitrogens with two attached hydrogens (primary N) is 1. The van der Waals surface area contributed by atoms with Crippen molar-refractivity contribution < 1.29 is 17.6 Å². The molecule has 0 spiro atoms. The number of hydrogen-bond donors (Lipinski definition) is 1. The molecule has 0 radical (unpaired) electrons. The van der Waals surface area contributed by atoms with E-state index in [-0.39, 0.29) is 0 Å². The van der Waals surface area contributed by atoms with E-state index in [4.69, 9.17) is 10.2 Å². The zero-order chi connectivity index (χ0) is 12.6. The van der Waals surface area contributed by atoms with Crippen LogP contribution < -0.4 is 5.73 Å². The first-order valence-corrected chi connectivity index (χ1v) is 5.53. The largest absolute Gasteiger partial charge is 0.467 e. The monoisotopic (exact) mass is 262 g/mol. The van der Waals surface area contributed by atoms with Crippen molar-refractivity contribution in [2.24, 2.45) is 5.73 Å².